The molecule has 1 aromatic carbocycles. The highest BCUT2D eigenvalue weighted by atomic mass is 16.5. The minimum Gasteiger partial charge on any atom is -0.463 e. The molecule has 1 aliphatic heterocycles. The van der Waals surface area contributed by atoms with Crippen molar-refractivity contribution in [2.24, 2.45) is 11.8 Å². The van der Waals surface area contributed by atoms with Crippen LogP contribution in [0.15, 0.2) is 42.5 Å². The minimum atomic E-state index is -0.454. The number of esters is 1. The molecule has 0 radical (unpaired) electrons. The molecule has 146 valence electrons. The van der Waals surface area contributed by atoms with Crippen LogP contribution in [0.25, 0.3) is 0 Å². The van der Waals surface area contributed by atoms with Gasteiger partial charge in [0.25, 0.3) is 0 Å². The number of hydrogen-bond acceptors (Lipinski definition) is 4. The molecular weight excluding hydrogens is 344 g/mol. The lowest BCUT2D eigenvalue weighted by molar-refractivity contribution is -0.137. The van der Waals surface area contributed by atoms with Crippen molar-refractivity contribution in [1.82, 2.24) is 10.6 Å². The Morgan fingerprint density at radius 3 is 2.70 bits per heavy atom. The van der Waals surface area contributed by atoms with E-state index >= 15 is 0 Å². The molecule has 0 aromatic heterocycles. The molecule has 1 aromatic rings. The first-order valence-corrected chi connectivity index (χ1v) is 9.46. The van der Waals surface area contributed by atoms with Crippen molar-refractivity contribution in [1.29, 1.82) is 0 Å². The second-order valence-electron chi connectivity index (χ2n) is 6.83. The van der Waals surface area contributed by atoms with Crippen LogP contribution < -0.4 is 10.6 Å². The van der Waals surface area contributed by atoms with Crippen molar-refractivity contribution in [2.75, 3.05) is 13.2 Å². The first-order valence-electron chi connectivity index (χ1n) is 9.46. The summed E-state index contributed by atoms with van der Waals surface area (Å²) >= 11 is 0. The van der Waals surface area contributed by atoms with E-state index in [1.54, 1.807) is 13.0 Å². The van der Waals surface area contributed by atoms with Crippen LogP contribution in [0.2, 0.25) is 0 Å². The van der Waals surface area contributed by atoms with Gasteiger partial charge in [0.15, 0.2) is 0 Å². The molecule has 6 heteroatoms. The van der Waals surface area contributed by atoms with Crippen LogP contribution >= 0.6 is 0 Å². The Hall–Kier alpha value is -2.63. The third-order valence-corrected chi connectivity index (χ3v) is 4.61. The zero-order chi connectivity index (χ0) is 19.6. The summed E-state index contributed by atoms with van der Waals surface area (Å²) in [4.78, 5) is 36.1. The van der Waals surface area contributed by atoms with E-state index in [4.69, 9.17) is 4.74 Å². The predicted octanol–water partition coefficient (Wildman–Crippen LogP) is 2.00. The van der Waals surface area contributed by atoms with Crippen molar-refractivity contribution >= 4 is 17.8 Å². The fourth-order valence-electron chi connectivity index (χ4n) is 3.13. The monoisotopic (exact) mass is 372 g/mol. The van der Waals surface area contributed by atoms with Crippen molar-refractivity contribution < 1.29 is 19.1 Å². The van der Waals surface area contributed by atoms with E-state index in [0.717, 1.165) is 12.0 Å². The first kappa shape index (κ1) is 20.7. The molecule has 27 heavy (non-hydrogen) atoms. The van der Waals surface area contributed by atoms with Gasteiger partial charge in [0.2, 0.25) is 11.8 Å². The third kappa shape index (κ3) is 6.89. The summed E-state index contributed by atoms with van der Waals surface area (Å²) in [6.07, 6.45) is 4.77. The standard InChI is InChI=1S/C21H28N2O4/c1-3-27-19(24)10-9-18(14-17-11-12-22-21(17)26)23-20(25)15(2)13-16-7-5-4-6-8-16/h4-10,15,17-18H,3,11-14H2,1-2H3,(H,22,26)(H,23,25)/b10-9+/t15-,17-,18+/m0/s1. The normalized spacial score (nSPS) is 18.7. The average molecular weight is 372 g/mol. The number of ether oxygens (including phenoxy) is 1. The molecule has 1 saturated heterocycles. The smallest absolute Gasteiger partial charge is 0.330 e. The van der Waals surface area contributed by atoms with Crippen LogP contribution in [-0.4, -0.2) is 37.0 Å². The van der Waals surface area contributed by atoms with Gasteiger partial charge < -0.3 is 15.4 Å². The van der Waals surface area contributed by atoms with Gasteiger partial charge in [-0.15, -0.1) is 0 Å². The van der Waals surface area contributed by atoms with E-state index in [0.29, 0.717) is 26.0 Å². The Bertz CT molecular complexity index is 672. The Morgan fingerprint density at radius 1 is 1.33 bits per heavy atom. The first-order chi connectivity index (χ1) is 13.0. The predicted molar refractivity (Wildman–Crippen MR) is 103 cm³/mol. The maximum Gasteiger partial charge on any atom is 0.330 e. The lowest BCUT2D eigenvalue weighted by Crippen LogP contribution is -2.39. The highest BCUT2D eigenvalue weighted by Gasteiger charge is 2.27. The number of rotatable bonds is 9. The van der Waals surface area contributed by atoms with Gasteiger partial charge in [-0.05, 0) is 31.7 Å². The molecule has 6 nitrogen and oxygen atoms in total. The second-order valence-corrected chi connectivity index (χ2v) is 6.83. The van der Waals surface area contributed by atoms with Crippen molar-refractivity contribution in [3.05, 3.63) is 48.0 Å². The molecule has 0 spiro atoms. The van der Waals surface area contributed by atoms with E-state index in [2.05, 4.69) is 10.6 Å². The Morgan fingerprint density at radius 2 is 2.07 bits per heavy atom. The Labute approximate surface area is 160 Å². The summed E-state index contributed by atoms with van der Waals surface area (Å²) in [7, 11) is 0. The second kappa shape index (κ2) is 10.5. The number of carbonyl (C=O) groups is 3. The third-order valence-electron chi connectivity index (χ3n) is 4.61. The Kier molecular flexibility index (Phi) is 8.04. The number of hydrogen-bond donors (Lipinski definition) is 2. The maximum atomic E-state index is 12.6. The highest BCUT2D eigenvalue weighted by molar-refractivity contribution is 5.83. The fraction of sp³-hybridized carbons (Fsp3) is 0.476. The zero-order valence-corrected chi connectivity index (χ0v) is 15.9. The van der Waals surface area contributed by atoms with Crippen LogP contribution in [0.5, 0.6) is 0 Å². The molecule has 1 aliphatic rings. The molecular formula is C21H28N2O4. The summed E-state index contributed by atoms with van der Waals surface area (Å²) in [5.41, 5.74) is 1.09. The van der Waals surface area contributed by atoms with Gasteiger partial charge in [-0.25, -0.2) is 4.79 Å². The van der Waals surface area contributed by atoms with Gasteiger partial charge in [-0.3, -0.25) is 9.59 Å². The number of amides is 2. The van der Waals surface area contributed by atoms with Gasteiger partial charge in [-0.1, -0.05) is 43.3 Å². The van der Waals surface area contributed by atoms with E-state index in [9.17, 15) is 14.4 Å². The molecule has 2 rings (SSSR count). The van der Waals surface area contributed by atoms with Crippen molar-refractivity contribution in [3.8, 4) is 0 Å². The molecule has 0 unspecified atom stereocenters. The number of nitrogens with one attached hydrogen (secondary N) is 2. The molecule has 0 aliphatic carbocycles. The Balaban J connectivity index is 1.99. The average Bonchev–Trinajstić information content (AvgIpc) is 3.05. The summed E-state index contributed by atoms with van der Waals surface area (Å²) < 4.78 is 4.90. The van der Waals surface area contributed by atoms with Gasteiger partial charge in [0, 0.05) is 30.5 Å². The lowest BCUT2D eigenvalue weighted by atomic mass is 9.96. The van der Waals surface area contributed by atoms with E-state index < -0.39 is 12.0 Å². The van der Waals surface area contributed by atoms with Crippen LogP contribution in [-0.2, 0) is 25.5 Å². The summed E-state index contributed by atoms with van der Waals surface area (Å²) in [6.45, 7) is 4.55. The molecule has 1 fully saturated rings. The molecule has 1 heterocycles. The quantitative estimate of drug-likeness (QED) is 0.513. The van der Waals surface area contributed by atoms with Crippen molar-refractivity contribution in [3.63, 3.8) is 0 Å². The van der Waals surface area contributed by atoms with Gasteiger partial charge in [0.1, 0.15) is 0 Å². The van der Waals surface area contributed by atoms with Gasteiger partial charge in [0.05, 0.1) is 6.61 Å². The van der Waals surface area contributed by atoms with E-state index in [-0.39, 0.29) is 23.7 Å². The van der Waals surface area contributed by atoms with Crippen LogP contribution in [0.3, 0.4) is 0 Å². The topological polar surface area (TPSA) is 84.5 Å². The summed E-state index contributed by atoms with van der Waals surface area (Å²) in [5.74, 6) is -0.938. The maximum absolute atomic E-state index is 12.6. The van der Waals surface area contributed by atoms with Crippen LogP contribution in [0.1, 0.15) is 32.3 Å². The molecule has 0 bridgehead atoms. The zero-order valence-electron chi connectivity index (χ0n) is 15.9. The van der Waals surface area contributed by atoms with Gasteiger partial charge in [-0.2, -0.15) is 0 Å². The fourth-order valence-corrected chi connectivity index (χ4v) is 3.13. The summed E-state index contributed by atoms with van der Waals surface area (Å²) in [6, 6.07) is 9.42. The SMILES string of the molecule is CCOC(=O)/C=C/[C@H](C[C@@H]1CCNC1=O)NC(=O)[C@@H](C)Cc1ccccc1. The van der Waals surface area contributed by atoms with Crippen molar-refractivity contribution in [2.45, 2.75) is 39.2 Å². The number of benzene rings is 1. The van der Waals surface area contributed by atoms with E-state index in [1.807, 2.05) is 37.3 Å². The van der Waals surface area contributed by atoms with E-state index in [1.165, 1.54) is 6.08 Å². The highest BCUT2D eigenvalue weighted by Crippen LogP contribution is 2.17. The van der Waals surface area contributed by atoms with Crippen LogP contribution in [0, 0.1) is 11.8 Å². The van der Waals surface area contributed by atoms with Crippen LogP contribution in [0.4, 0.5) is 0 Å². The molecule has 3 atom stereocenters. The lowest BCUT2D eigenvalue weighted by Gasteiger charge is -2.20. The van der Waals surface area contributed by atoms with Gasteiger partial charge >= 0.3 is 5.97 Å². The molecule has 2 N–H and O–H groups in total. The summed E-state index contributed by atoms with van der Waals surface area (Å²) in [5, 5.41) is 5.77. The minimum absolute atomic E-state index is 0.00359. The number of carbonyl (C=O) groups excluding carboxylic acids is 3. The molecule has 0 saturated carbocycles. The molecule has 2 amide bonds. The largest absolute Gasteiger partial charge is 0.463 e.